The second-order valence-corrected chi connectivity index (χ2v) is 6.69. The molecule has 0 spiro atoms. The summed E-state index contributed by atoms with van der Waals surface area (Å²) in [5.41, 5.74) is 2.52. The fourth-order valence-electron chi connectivity index (χ4n) is 2.23. The van der Waals surface area contributed by atoms with Crippen LogP contribution in [0.25, 0.3) is 11.4 Å². The summed E-state index contributed by atoms with van der Waals surface area (Å²) in [7, 11) is 0. The third kappa shape index (κ3) is 6.79. The Balaban J connectivity index is 2.14. The minimum atomic E-state index is -0.204. The van der Waals surface area contributed by atoms with Gasteiger partial charge in [0.05, 0.1) is 25.3 Å². The molecule has 2 rings (SSSR count). The molecule has 27 heavy (non-hydrogen) atoms. The van der Waals surface area contributed by atoms with Crippen LogP contribution in [0.4, 0.5) is 5.13 Å². The number of aryl methyl sites for hydroxylation is 1. The van der Waals surface area contributed by atoms with Crippen LogP contribution in [-0.2, 0) is 16.0 Å². The molecule has 0 aliphatic rings. The molecule has 2 aromatic rings. The Morgan fingerprint density at radius 3 is 3.00 bits per heavy atom. The lowest BCUT2D eigenvalue weighted by Gasteiger charge is -2.02. The van der Waals surface area contributed by atoms with E-state index in [-0.39, 0.29) is 5.97 Å². The second kappa shape index (κ2) is 11.0. The first-order valence-corrected chi connectivity index (χ1v) is 9.57. The van der Waals surface area contributed by atoms with E-state index in [1.165, 1.54) is 11.3 Å². The van der Waals surface area contributed by atoms with Gasteiger partial charge in [-0.25, -0.2) is 4.98 Å². The van der Waals surface area contributed by atoms with Gasteiger partial charge in [-0.3, -0.25) is 14.8 Å². The maximum Gasteiger partial charge on any atom is 0.306 e. The Labute approximate surface area is 163 Å². The first-order valence-electron chi connectivity index (χ1n) is 8.75. The van der Waals surface area contributed by atoms with Crippen LogP contribution in [-0.4, -0.2) is 34.8 Å². The van der Waals surface area contributed by atoms with Gasteiger partial charge >= 0.3 is 5.97 Å². The topological polar surface area (TPSA) is 76.5 Å². The summed E-state index contributed by atoms with van der Waals surface area (Å²) >= 11 is 1.53. The average Bonchev–Trinajstić information content (AvgIpc) is 3.09. The first-order chi connectivity index (χ1) is 13.1. The van der Waals surface area contributed by atoms with Crippen molar-refractivity contribution in [2.45, 2.75) is 26.7 Å². The van der Waals surface area contributed by atoms with Crippen LogP contribution >= 0.6 is 11.3 Å². The van der Waals surface area contributed by atoms with E-state index in [0.29, 0.717) is 26.0 Å². The van der Waals surface area contributed by atoms with Gasteiger partial charge in [0.2, 0.25) is 0 Å². The lowest BCUT2D eigenvalue weighted by Crippen LogP contribution is -2.09. The van der Waals surface area contributed by atoms with Crippen LogP contribution in [0.3, 0.4) is 0 Å². The molecule has 0 saturated heterocycles. The van der Waals surface area contributed by atoms with Gasteiger partial charge in [-0.05, 0) is 38.5 Å². The molecule has 1 N–H and O–H groups in total. The predicted molar refractivity (Wildman–Crippen MR) is 111 cm³/mol. The van der Waals surface area contributed by atoms with Crippen LogP contribution in [0, 0.1) is 0 Å². The zero-order valence-electron chi connectivity index (χ0n) is 15.6. The van der Waals surface area contributed by atoms with Crippen molar-refractivity contribution in [3.63, 3.8) is 0 Å². The highest BCUT2D eigenvalue weighted by Crippen LogP contribution is 2.31. The summed E-state index contributed by atoms with van der Waals surface area (Å²) in [5.74, 6) is -0.204. The summed E-state index contributed by atoms with van der Waals surface area (Å²) in [6.45, 7) is 8.33. The number of carbonyl (C=O) groups excluding carboxylic acids is 1. The molecular formula is C20H24N4O2S. The third-order valence-electron chi connectivity index (χ3n) is 3.48. The summed E-state index contributed by atoms with van der Waals surface area (Å²) in [6.07, 6.45) is 7.79. The molecule has 0 aromatic carbocycles. The van der Waals surface area contributed by atoms with Crippen molar-refractivity contribution in [3.05, 3.63) is 54.2 Å². The van der Waals surface area contributed by atoms with Gasteiger partial charge in [-0.1, -0.05) is 18.7 Å². The zero-order chi connectivity index (χ0) is 19.5. The van der Waals surface area contributed by atoms with Crippen molar-refractivity contribution in [3.8, 4) is 11.4 Å². The van der Waals surface area contributed by atoms with E-state index < -0.39 is 0 Å². The molecule has 0 atom stereocenters. The standard InChI is InChI=1S/C20H24N4O2S/c1-4-6-12-21-15(3)14-23-20-24-19(16-9-7-8-13-22-16)17(27-20)10-11-18(25)26-5-2/h4,6-9,12-13H,1,5,10-11,14H2,2-3H3,(H,23,24)/b12-6-,21-15+. The Hall–Kier alpha value is -2.80. The maximum atomic E-state index is 11.7. The molecule has 0 aliphatic carbocycles. The number of nitrogens with one attached hydrogen (secondary N) is 1. The van der Waals surface area contributed by atoms with Gasteiger partial charge in [-0.2, -0.15) is 0 Å². The van der Waals surface area contributed by atoms with Crippen molar-refractivity contribution in [1.29, 1.82) is 0 Å². The normalized spacial score (nSPS) is 11.6. The monoisotopic (exact) mass is 384 g/mol. The number of esters is 1. The molecule has 2 heterocycles. The number of aliphatic imine (C=N–C) groups is 1. The lowest BCUT2D eigenvalue weighted by atomic mass is 10.2. The molecule has 0 aliphatic heterocycles. The molecule has 0 bridgehead atoms. The average molecular weight is 385 g/mol. The Morgan fingerprint density at radius 2 is 2.30 bits per heavy atom. The second-order valence-electron chi connectivity index (χ2n) is 5.61. The van der Waals surface area contributed by atoms with Crippen LogP contribution in [0.15, 0.2) is 54.3 Å². The zero-order valence-corrected chi connectivity index (χ0v) is 16.5. The van der Waals surface area contributed by atoms with E-state index in [4.69, 9.17) is 4.74 Å². The van der Waals surface area contributed by atoms with E-state index in [9.17, 15) is 4.79 Å². The molecule has 0 saturated carbocycles. The Morgan fingerprint density at radius 1 is 1.44 bits per heavy atom. The van der Waals surface area contributed by atoms with Crippen molar-refractivity contribution in [1.82, 2.24) is 9.97 Å². The van der Waals surface area contributed by atoms with E-state index in [0.717, 1.165) is 27.1 Å². The van der Waals surface area contributed by atoms with Gasteiger partial charge in [0.25, 0.3) is 0 Å². The summed E-state index contributed by atoms with van der Waals surface area (Å²) in [5, 5.41) is 4.06. The van der Waals surface area contributed by atoms with E-state index >= 15 is 0 Å². The smallest absolute Gasteiger partial charge is 0.306 e. The number of carbonyl (C=O) groups is 1. The molecule has 2 aromatic heterocycles. The van der Waals surface area contributed by atoms with E-state index in [1.807, 2.05) is 25.1 Å². The Bertz CT molecular complexity index is 813. The van der Waals surface area contributed by atoms with Crippen molar-refractivity contribution in [2.24, 2.45) is 4.99 Å². The molecule has 7 heteroatoms. The molecule has 0 radical (unpaired) electrons. The number of aromatic nitrogens is 2. The van der Waals surface area contributed by atoms with Gasteiger partial charge in [0.1, 0.15) is 5.69 Å². The summed E-state index contributed by atoms with van der Waals surface area (Å²) < 4.78 is 5.03. The molecule has 6 nitrogen and oxygen atoms in total. The number of hydrogen-bond donors (Lipinski definition) is 1. The minimum Gasteiger partial charge on any atom is -0.466 e. The van der Waals surface area contributed by atoms with Gasteiger partial charge in [0, 0.05) is 23.0 Å². The number of nitrogens with zero attached hydrogens (tertiary/aromatic N) is 3. The first kappa shape index (κ1) is 20.5. The SMILES string of the molecule is C=C/C=C\N=C(/C)CNc1nc(-c2ccccn2)c(CCC(=O)OCC)s1. The predicted octanol–water partition coefficient (Wildman–Crippen LogP) is 4.27. The van der Waals surface area contributed by atoms with Gasteiger partial charge in [0.15, 0.2) is 5.13 Å². The fourth-order valence-corrected chi connectivity index (χ4v) is 3.19. The largest absolute Gasteiger partial charge is 0.466 e. The van der Waals surface area contributed by atoms with Crippen LogP contribution in [0.1, 0.15) is 25.1 Å². The van der Waals surface area contributed by atoms with Crippen LogP contribution < -0.4 is 5.32 Å². The molecule has 142 valence electrons. The Kier molecular flexibility index (Phi) is 8.38. The lowest BCUT2D eigenvalue weighted by molar-refractivity contribution is -0.143. The fraction of sp³-hybridized carbons (Fsp3) is 0.300. The number of pyridine rings is 1. The number of allylic oxidation sites excluding steroid dienone is 2. The number of ether oxygens (including phenoxy) is 1. The van der Waals surface area contributed by atoms with Crippen molar-refractivity contribution in [2.75, 3.05) is 18.5 Å². The van der Waals surface area contributed by atoms with Crippen molar-refractivity contribution >= 4 is 28.1 Å². The highest BCUT2D eigenvalue weighted by Gasteiger charge is 2.15. The summed E-state index contributed by atoms with van der Waals surface area (Å²) in [6, 6.07) is 5.70. The molecular weight excluding hydrogens is 360 g/mol. The van der Waals surface area contributed by atoms with Crippen LogP contribution in [0.2, 0.25) is 0 Å². The van der Waals surface area contributed by atoms with Gasteiger partial charge in [-0.15, -0.1) is 11.3 Å². The quantitative estimate of drug-likeness (QED) is 0.376. The number of hydrogen-bond acceptors (Lipinski definition) is 7. The minimum absolute atomic E-state index is 0.204. The number of anilines is 1. The summed E-state index contributed by atoms with van der Waals surface area (Å²) in [4.78, 5) is 26.1. The van der Waals surface area contributed by atoms with E-state index in [1.54, 1.807) is 31.5 Å². The third-order valence-corrected chi connectivity index (χ3v) is 4.55. The van der Waals surface area contributed by atoms with Gasteiger partial charge < -0.3 is 10.1 Å². The van der Waals surface area contributed by atoms with Crippen molar-refractivity contribution < 1.29 is 9.53 Å². The van der Waals surface area contributed by atoms with Crippen LogP contribution in [0.5, 0.6) is 0 Å². The highest BCUT2D eigenvalue weighted by molar-refractivity contribution is 7.16. The van der Waals surface area contributed by atoms with E-state index in [2.05, 4.69) is 26.9 Å². The maximum absolute atomic E-state index is 11.7. The highest BCUT2D eigenvalue weighted by atomic mass is 32.1. The number of rotatable bonds is 10. The molecule has 0 fully saturated rings. The number of thiazole rings is 1. The molecule has 0 unspecified atom stereocenters. The molecule has 0 amide bonds.